The van der Waals surface area contributed by atoms with Crippen LogP contribution in [0.15, 0.2) is 86.0 Å². The van der Waals surface area contributed by atoms with E-state index in [1.165, 1.54) is 0 Å². The van der Waals surface area contributed by atoms with Crippen LogP contribution in [-0.2, 0) is 21.8 Å². The molecular formula is C23H21ClN4O3. The van der Waals surface area contributed by atoms with Gasteiger partial charge in [-0.15, -0.1) is 0 Å². The fourth-order valence-corrected chi connectivity index (χ4v) is 3.89. The van der Waals surface area contributed by atoms with Crippen molar-refractivity contribution in [3.05, 3.63) is 96.6 Å². The molecule has 8 heteroatoms. The first kappa shape index (κ1) is 19.8. The molecule has 0 N–H and O–H groups in total. The number of rotatable bonds is 7. The van der Waals surface area contributed by atoms with Crippen molar-refractivity contribution in [2.45, 2.75) is 18.4 Å². The summed E-state index contributed by atoms with van der Waals surface area (Å²) in [5, 5.41) is 0.628. The highest BCUT2D eigenvalue weighted by Gasteiger charge is 2.44. The molecule has 1 saturated heterocycles. The lowest BCUT2D eigenvalue weighted by Gasteiger charge is -2.29. The Kier molecular flexibility index (Phi) is 5.46. The number of halogens is 1. The van der Waals surface area contributed by atoms with Gasteiger partial charge < -0.3 is 23.3 Å². The third-order valence-electron chi connectivity index (χ3n) is 5.15. The Hall–Kier alpha value is -3.13. The molecule has 4 aromatic rings. The normalized spacial score (nSPS) is 20.7. The van der Waals surface area contributed by atoms with Crippen LogP contribution >= 0.6 is 11.6 Å². The van der Waals surface area contributed by atoms with Crippen molar-refractivity contribution >= 4 is 11.6 Å². The minimum Gasteiger partial charge on any atom is -0.489 e. The fourth-order valence-electron chi connectivity index (χ4n) is 3.70. The number of hydrogen-bond donors (Lipinski definition) is 0. The lowest BCUT2D eigenvalue weighted by atomic mass is 10.1. The molecule has 7 nitrogen and oxygen atoms in total. The van der Waals surface area contributed by atoms with Gasteiger partial charge in [0.2, 0.25) is 5.79 Å². The Bertz CT molecular complexity index is 1130. The van der Waals surface area contributed by atoms with E-state index in [0.717, 1.165) is 17.0 Å². The maximum atomic E-state index is 6.44. The topological polar surface area (TPSA) is 63.3 Å². The van der Waals surface area contributed by atoms with Gasteiger partial charge in [-0.1, -0.05) is 35.9 Å². The summed E-state index contributed by atoms with van der Waals surface area (Å²) in [6, 6.07) is 15.4. The van der Waals surface area contributed by atoms with E-state index in [4.69, 9.17) is 25.8 Å². The summed E-state index contributed by atoms with van der Waals surface area (Å²) in [6.07, 6.45) is 10.5. The molecule has 0 spiro atoms. The maximum Gasteiger partial charge on any atom is 0.214 e. The molecule has 1 aliphatic heterocycles. The number of imidazole rings is 2. The largest absolute Gasteiger partial charge is 0.489 e. The number of para-hydroxylation sites is 2. The van der Waals surface area contributed by atoms with Crippen molar-refractivity contribution in [2.24, 2.45) is 0 Å². The maximum absolute atomic E-state index is 6.44. The van der Waals surface area contributed by atoms with Crippen LogP contribution in [0.5, 0.6) is 5.75 Å². The molecule has 0 amide bonds. The van der Waals surface area contributed by atoms with E-state index in [2.05, 4.69) is 9.97 Å². The molecule has 0 aliphatic carbocycles. The molecule has 2 atom stereocenters. The van der Waals surface area contributed by atoms with E-state index in [-0.39, 0.29) is 6.10 Å². The smallest absolute Gasteiger partial charge is 0.214 e. The predicted molar refractivity (Wildman–Crippen MR) is 115 cm³/mol. The van der Waals surface area contributed by atoms with Crippen molar-refractivity contribution in [2.75, 3.05) is 13.2 Å². The molecule has 5 rings (SSSR count). The Labute approximate surface area is 184 Å². The van der Waals surface area contributed by atoms with Crippen LogP contribution in [0.4, 0.5) is 0 Å². The van der Waals surface area contributed by atoms with Crippen LogP contribution in [0.25, 0.3) is 5.69 Å². The van der Waals surface area contributed by atoms with Gasteiger partial charge in [-0.05, 0) is 24.3 Å². The third kappa shape index (κ3) is 4.20. The average molecular weight is 437 g/mol. The van der Waals surface area contributed by atoms with E-state index in [0.29, 0.717) is 24.8 Å². The molecule has 1 aliphatic rings. The van der Waals surface area contributed by atoms with Crippen molar-refractivity contribution in [3.63, 3.8) is 0 Å². The molecule has 0 saturated carbocycles. The van der Waals surface area contributed by atoms with Crippen molar-refractivity contribution in [1.29, 1.82) is 0 Å². The van der Waals surface area contributed by atoms with E-state index in [9.17, 15) is 0 Å². The quantitative estimate of drug-likeness (QED) is 0.437. The van der Waals surface area contributed by atoms with E-state index in [1.807, 2.05) is 70.1 Å². The number of ether oxygens (including phenoxy) is 3. The first-order valence-electron chi connectivity index (χ1n) is 9.96. The average Bonchev–Trinajstić information content (AvgIpc) is 3.56. The Balaban J connectivity index is 1.35. The van der Waals surface area contributed by atoms with Crippen LogP contribution in [-0.4, -0.2) is 38.4 Å². The molecule has 0 bridgehead atoms. The van der Waals surface area contributed by atoms with Gasteiger partial charge in [0.1, 0.15) is 18.5 Å². The highest BCUT2D eigenvalue weighted by atomic mass is 35.5. The zero-order chi connectivity index (χ0) is 21.1. The highest BCUT2D eigenvalue weighted by molar-refractivity contribution is 6.30. The summed E-state index contributed by atoms with van der Waals surface area (Å²) in [5.41, 5.74) is 1.77. The van der Waals surface area contributed by atoms with Crippen molar-refractivity contribution in [1.82, 2.24) is 19.1 Å². The lowest BCUT2D eigenvalue weighted by molar-refractivity contribution is -0.189. The monoisotopic (exact) mass is 436 g/mol. The van der Waals surface area contributed by atoms with Gasteiger partial charge in [-0.2, -0.15) is 0 Å². The Morgan fingerprint density at radius 2 is 1.94 bits per heavy atom. The standard InChI is InChI=1S/C23H21ClN4O3/c24-19-5-3-4-18(12-19)23(15-27-10-8-25-16-27)30-14-20(31-23)13-29-22-7-2-1-6-21(22)28-11-9-26-17-28/h1-12,16-17,20H,13-15H2. The summed E-state index contributed by atoms with van der Waals surface area (Å²) >= 11 is 6.25. The van der Waals surface area contributed by atoms with Crippen LogP contribution in [0.1, 0.15) is 5.56 Å². The first-order valence-corrected chi connectivity index (χ1v) is 10.3. The second kappa shape index (κ2) is 8.55. The van der Waals surface area contributed by atoms with Crippen molar-refractivity contribution < 1.29 is 14.2 Å². The molecule has 0 radical (unpaired) electrons. The number of hydrogen-bond acceptors (Lipinski definition) is 5. The number of nitrogens with zero attached hydrogens (tertiary/aromatic N) is 4. The highest BCUT2D eigenvalue weighted by Crippen LogP contribution is 2.37. The van der Waals surface area contributed by atoms with Crippen LogP contribution in [0, 0.1) is 0 Å². The number of benzene rings is 2. The van der Waals surface area contributed by atoms with Gasteiger partial charge in [-0.25, -0.2) is 9.97 Å². The fraction of sp³-hybridized carbons (Fsp3) is 0.217. The van der Waals surface area contributed by atoms with Crippen LogP contribution in [0.3, 0.4) is 0 Å². The molecule has 2 unspecified atom stereocenters. The van der Waals surface area contributed by atoms with Gasteiger partial charge in [0.05, 0.1) is 31.5 Å². The molecule has 3 heterocycles. The lowest BCUT2D eigenvalue weighted by Crippen LogP contribution is -2.34. The second-order valence-electron chi connectivity index (χ2n) is 7.30. The zero-order valence-electron chi connectivity index (χ0n) is 16.7. The molecule has 2 aromatic carbocycles. The van der Waals surface area contributed by atoms with Gasteiger partial charge in [0.25, 0.3) is 0 Å². The zero-order valence-corrected chi connectivity index (χ0v) is 17.4. The van der Waals surface area contributed by atoms with Gasteiger partial charge in [0.15, 0.2) is 0 Å². The minimum atomic E-state index is -0.969. The summed E-state index contributed by atoms with van der Waals surface area (Å²) in [6.45, 7) is 1.20. The first-order chi connectivity index (χ1) is 15.2. The van der Waals surface area contributed by atoms with Crippen LogP contribution in [0.2, 0.25) is 5.02 Å². The molecule has 31 heavy (non-hydrogen) atoms. The van der Waals surface area contributed by atoms with Crippen LogP contribution < -0.4 is 4.74 Å². The van der Waals surface area contributed by atoms with E-state index >= 15 is 0 Å². The predicted octanol–water partition coefficient (Wildman–Crippen LogP) is 4.07. The Morgan fingerprint density at radius 1 is 1.06 bits per heavy atom. The summed E-state index contributed by atoms with van der Waals surface area (Å²) in [7, 11) is 0. The van der Waals surface area contributed by atoms with Crippen molar-refractivity contribution in [3.8, 4) is 11.4 Å². The van der Waals surface area contributed by atoms with Gasteiger partial charge in [0, 0.05) is 35.4 Å². The molecular weight excluding hydrogens is 416 g/mol. The summed E-state index contributed by atoms with van der Waals surface area (Å²) < 4.78 is 22.7. The third-order valence-corrected chi connectivity index (χ3v) is 5.38. The Morgan fingerprint density at radius 3 is 2.74 bits per heavy atom. The molecule has 2 aromatic heterocycles. The SMILES string of the molecule is Clc1cccc(C2(Cn3ccnc3)OCC(COc3ccccc3-n3ccnc3)O2)c1. The minimum absolute atomic E-state index is 0.252. The van der Waals surface area contributed by atoms with E-state index < -0.39 is 5.79 Å². The summed E-state index contributed by atoms with van der Waals surface area (Å²) in [4.78, 5) is 8.25. The number of aromatic nitrogens is 4. The molecule has 158 valence electrons. The second-order valence-corrected chi connectivity index (χ2v) is 7.73. The van der Waals surface area contributed by atoms with Gasteiger partial charge in [-0.3, -0.25) is 0 Å². The summed E-state index contributed by atoms with van der Waals surface area (Å²) in [5.74, 6) is -0.220. The van der Waals surface area contributed by atoms with E-state index in [1.54, 1.807) is 25.0 Å². The molecule has 1 fully saturated rings. The van der Waals surface area contributed by atoms with Gasteiger partial charge >= 0.3 is 0 Å².